The maximum Gasteiger partial charge on any atom is 0.122 e. The number of aliphatic hydroxyl groups is 3. The highest BCUT2D eigenvalue weighted by Gasteiger charge is 2.24. The minimum absolute atomic E-state index is 0.0670. The molecule has 0 amide bonds. The van der Waals surface area contributed by atoms with Crippen LogP contribution >= 0.6 is 0 Å². The van der Waals surface area contributed by atoms with Crippen LogP contribution in [0.1, 0.15) is 0 Å². The van der Waals surface area contributed by atoms with E-state index in [2.05, 4.69) is 0 Å². The third kappa shape index (κ3) is 3.29. The summed E-state index contributed by atoms with van der Waals surface area (Å²) >= 11 is 0. The molecule has 0 bridgehead atoms. The standard InChI is InChI=1S/C8H13N3O3/c9-3-7(5-13)11(1-2-12)8(4-10)6-14/h7-8,12-14H,1-2,5-6H2. The van der Waals surface area contributed by atoms with E-state index in [-0.39, 0.29) is 13.2 Å². The molecule has 0 aliphatic rings. The second kappa shape index (κ2) is 7.25. The molecule has 2 atom stereocenters. The Kier molecular flexibility index (Phi) is 6.63. The quantitative estimate of drug-likeness (QED) is 0.458. The summed E-state index contributed by atoms with van der Waals surface area (Å²) < 4.78 is 0. The number of nitrogens with zero attached hydrogens (tertiary/aromatic N) is 3. The maximum absolute atomic E-state index is 8.83. The average Bonchev–Trinajstić information content (AvgIpc) is 2.21. The normalized spacial score (nSPS) is 14.4. The SMILES string of the molecule is N#CC(CO)N(CCO)C(C#N)CO. The predicted octanol–water partition coefficient (Wildman–Crippen LogP) is -1.95. The molecule has 0 aliphatic heterocycles. The van der Waals surface area contributed by atoms with E-state index in [0.29, 0.717) is 0 Å². The highest BCUT2D eigenvalue weighted by molar-refractivity contribution is 5.00. The second-order valence-electron chi connectivity index (χ2n) is 2.62. The van der Waals surface area contributed by atoms with Gasteiger partial charge < -0.3 is 15.3 Å². The van der Waals surface area contributed by atoms with Gasteiger partial charge in [-0.1, -0.05) is 0 Å². The Morgan fingerprint density at radius 3 is 1.64 bits per heavy atom. The van der Waals surface area contributed by atoms with Gasteiger partial charge in [-0.15, -0.1) is 0 Å². The molecule has 0 saturated heterocycles. The zero-order valence-corrected chi connectivity index (χ0v) is 7.67. The lowest BCUT2D eigenvalue weighted by molar-refractivity contribution is 0.0823. The monoisotopic (exact) mass is 199 g/mol. The fraction of sp³-hybridized carbons (Fsp3) is 0.750. The Morgan fingerprint density at radius 2 is 1.43 bits per heavy atom. The lowest BCUT2D eigenvalue weighted by Crippen LogP contribution is -2.47. The Balaban J connectivity index is 4.57. The molecule has 0 rings (SSSR count). The molecule has 0 spiro atoms. The molecule has 14 heavy (non-hydrogen) atoms. The van der Waals surface area contributed by atoms with E-state index in [1.807, 2.05) is 0 Å². The van der Waals surface area contributed by atoms with Gasteiger partial charge in [0.15, 0.2) is 0 Å². The van der Waals surface area contributed by atoms with E-state index in [0.717, 1.165) is 0 Å². The van der Waals surface area contributed by atoms with Gasteiger partial charge in [-0.05, 0) is 0 Å². The van der Waals surface area contributed by atoms with Gasteiger partial charge in [0.25, 0.3) is 0 Å². The number of rotatable bonds is 6. The second-order valence-corrected chi connectivity index (χ2v) is 2.62. The summed E-state index contributed by atoms with van der Waals surface area (Å²) in [6.07, 6.45) is 0. The first kappa shape index (κ1) is 12.8. The zero-order chi connectivity index (χ0) is 11.0. The van der Waals surface area contributed by atoms with E-state index < -0.39 is 25.3 Å². The number of hydrogen-bond donors (Lipinski definition) is 3. The van der Waals surface area contributed by atoms with Gasteiger partial charge in [-0.25, -0.2) is 0 Å². The molecule has 0 aromatic carbocycles. The molecule has 0 fully saturated rings. The van der Waals surface area contributed by atoms with Gasteiger partial charge >= 0.3 is 0 Å². The van der Waals surface area contributed by atoms with Crippen molar-refractivity contribution in [2.24, 2.45) is 0 Å². The fourth-order valence-corrected chi connectivity index (χ4v) is 1.08. The summed E-state index contributed by atoms with van der Waals surface area (Å²) in [5.74, 6) is 0. The van der Waals surface area contributed by atoms with E-state index >= 15 is 0 Å². The van der Waals surface area contributed by atoms with Crippen molar-refractivity contribution in [3.05, 3.63) is 0 Å². The molecule has 6 heteroatoms. The van der Waals surface area contributed by atoms with Crippen LogP contribution in [0.4, 0.5) is 0 Å². The Labute approximate surface area is 82.2 Å². The van der Waals surface area contributed by atoms with E-state index in [1.54, 1.807) is 12.1 Å². The number of nitriles is 2. The molecule has 0 aromatic rings. The average molecular weight is 199 g/mol. The molecule has 0 aromatic heterocycles. The molecule has 0 heterocycles. The first-order valence-electron chi connectivity index (χ1n) is 4.12. The van der Waals surface area contributed by atoms with E-state index in [9.17, 15) is 0 Å². The minimum atomic E-state index is -0.876. The summed E-state index contributed by atoms with van der Waals surface area (Å²) in [5, 5.41) is 43.6. The lowest BCUT2D eigenvalue weighted by Gasteiger charge is -2.27. The topological polar surface area (TPSA) is 112 Å². The van der Waals surface area contributed by atoms with Crippen LogP contribution in [0.25, 0.3) is 0 Å². The van der Waals surface area contributed by atoms with Gasteiger partial charge in [0, 0.05) is 6.54 Å². The molecule has 0 saturated carbocycles. The molecule has 0 radical (unpaired) electrons. The van der Waals surface area contributed by atoms with Crippen molar-refractivity contribution in [3.63, 3.8) is 0 Å². The maximum atomic E-state index is 8.83. The summed E-state index contributed by atoms with van der Waals surface area (Å²) in [6, 6.07) is 1.82. The predicted molar refractivity (Wildman–Crippen MR) is 46.8 cm³/mol. The van der Waals surface area contributed by atoms with E-state index in [4.69, 9.17) is 25.8 Å². The van der Waals surface area contributed by atoms with Crippen molar-refractivity contribution < 1.29 is 15.3 Å². The summed E-state index contributed by atoms with van der Waals surface area (Å²) in [4.78, 5) is 1.26. The molecule has 0 aliphatic carbocycles. The van der Waals surface area contributed by atoms with Gasteiger partial charge in [0.1, 0.15) is 12.1 Å². The van der Waals surface area contributed by atoms with Crippen LogP contribution in [0.15, 0.2) is 0 Å². The highest BCUT2D eigenvalue weighted by atomic mass is 16.3. The number of aliphatic hydroxyl groups excluding tert-OH is 3. The molecule has 78 valence electrons. The van der Waals surface area contributed by atoms with Crippen molar-refractivity contribution >= 4 is 0 Å². The van der Waals surface area contributed by atoms with Gasteiger partial charge in [-0.3, -0.25) is 4.90 Å². The van der Waals surface area contributed by atoms with E-state index in [1.165, 1.54) is 4.90 Å². The summed E-state index contributed by atoms with van der Waals surface area (Å²) in [5.41, 5.74) is 0. The molecular formula is C8H13N3O3. The summed E-state index contributed by atoms with van der Waals surface area (Å²) in [7, 11) is 0. The van der Waals surface area contributed by atoms with Crippen molar-refractivity contribution in [1.82, 2.24) is 4.90 Å². The van der Waals surface area contributed by atoms with Crippen LogP contribution in [0.2, 0.25) is 0 Å². The molecule has 6 nitrogen and oxygen atoms in total. The Morgan fingerprint density at radius 1 is 1.00 bits per heavy atom. The third-order valence-electron chi connectivity index (χ3n) is 1.80. The zero-order valence-electron chi connectivity index (χ0n) is 7.67. The van der Waals surface area contributed by atoms with Crippen LogP contribution in [0.5, 0.6) is 0 Å². The lowest BCUT2D eigenvalue weighted by atomic mass is 10.2. The minimum Gasteiger partial charge on any atom is -0.395 e. The number of hydrogen-bond acceptors (Lipinski definition) is 6. The van der Waals surface area contributed by atoms with Crippen LogP contribution in [0.3, 0.4) is 0 Å². The van der Waals surface area contributed by atoms with Gasteiger partial charge in [0.05, 0.1) is 32.0 Å². The highest BCUT2D eigenvalue weighted by Crippen LogP contribution is 2.04. The fourth-order valence-electron chi connectivity index (χ4n) is 1.08. The van der Waals surface area contributed by atoms with Crippen LogP contribution in [0, 0.1) is 22.7 Å². The Hall–Kier alpha value is -1.18. The first-order valence-corrected chi connectivity index (χ1v) is 4.12. The van der Waals surface area contributed by atoms with Crippen LogP contribution < -0.4 is 0 Å². The molecular weight excluding hydrogens is 186 g/mol. The van der Waals surface area contributed by atoms with Crippen molar-refractivity contribution in [3.8, 4) is 12.1 Å². The Bertz CT molecular complexity index is 211. The van der Waals surface area contributed by atoms with Crippen LogP contribution in [-0.2, 0) is 0 Å². The third-order valence-corrected chi connectivity index (χ3v) is 1.80. The van der Waals surface area contributed by atoms with Crippen LogP contribution in [-0.4, -0.2) is 58.7 Å². The van der Waals surface area contributed by atoms with Gasteiger partial charge in [0.2, 0.25) is 0 Å². The first-order chi connectivity index (χ1) is 6.74. The molecule has 3 N–H and O–H groups in total. The smallest absolute Gasteiger partial charge is 0.122 e. The molecule has 2 unspecified atom stereocenters. The summed E-state index contributed by atoms with van der Waals surface area (Å²) in [6.45, 7) is -1.04. The van der Waals surface area contributed by atoms with Crippen molar-refractivity contribution in [1.29, 1.82) is 10.5 Å². The van der Waals surface area contributed by atoms with Gasteiger partial charge in [-0.2, -0.15) is 10.5 Å². The largest absolute Gasteiger partial charge is 0.395 e. The van der Waals surface area contributed by atoms with Crippen molar-refractivity contribution in [2.45, 2.75) is 12.1 Å². The van der Waals surface area contributed by atoms with Crippen molar-refractivity contribution in [2.75, 3.05) is 26.4 Å².